The average molecular weight is 549 g/mol. The minimum absolute atomic E-state index is 0.0779. The number of carbonyl (C=O) groups excluding carboxylic acids is 4. The molecule has 4 rings (SSSR count). The lowest BCUT2D eigenvalue weighted by Crippen LogP contribution is -2.69. The second-order valence-electron chi connectivity index (χ2n) is 12.2. The van der Waals surface area contributed by atoms with E-state index in [1.165, 1.54) is 6.08 Å². The van der Waals surface area contributed by atoms with Crippen LogP contribution in [0.3, 0.4) is 0 Å². The maximum absolute atomic E-state index is 14.0. The van der Waals surface area contributed by atoms with Crippen LogP contribution in [-0.2, 0) is 28.7 Å². The molecule has 0 radical (unpaired) electrons. The van der Waals surface area contributed by atoms with Crippen LogP contribution in [0.15, 0.2) is 23.8 Å². The lowest BCUT2D eigenvalue weighted by atomic mass is 9.45. The molecule has 3 saturated carbocycles. The van der Waals surface area contributed by atoms with E-state index in [-0.39, 0.29) is 42.8 Å². The average Bonchev–Trinajstić information content (AvgIpc) is 3.06. The van der Waals surface area contributed by atoms with E-state index in [9.17, 15) is 24.3 Å². The second-order valence-corrected chi connectivity index (χ2v) is 12.8. The molecule has 4 aliphatic rings. The van der Waals surface area contributed by atoms with Crippen molar-refractivity contribution in [2.45, 2.75) is 103 Å². The Bertz CT molecular complexity index is 1080. The molecule has 0 aromatic carbocycles. The molecule has 0 unspecified atom stereocenters. The summed E-state index contributed by atoms with van der Waals surface area (Å²) in [5.74, 6) is -2.15. The maximum atomic E-state index is 14.0. The maximum Gasteiger partial charge on any atom is 0.306 e. The third-order valence-electron chi connectivity index (χ3n) is 10.1. The van der Waals surface area contributed by atoms with Gasteiger partial charge in [0.05, 0.1) is 11.0 Å². The smallest absolute Gasteiger partial charge is 0.306 e. The summed E-state index contributed by atoms with van der Waals surface area (Å²) in [7, 11) is 0. The number of fused-ring (bicyclic) bond motifs is 5. The minimum Gasteiger partial charge on any atom is -0.457 e. The minimum atomic E-state index is -1.55. The number of Topliss-reactive ketones (excluding diaryl/α,β-unsaturated/α-hetero) is 1. The zero-order valence-corrected chi connectivity index (χ0v) is 23.9. The van der Waals surface area contributed by atoms with Gasteiger partial charge in [0.25, 0.3) is 0 Å². The van der Waals surface area contributed by atoms with Crippen LogP contribution < -0.4 is 0 Å². The molecule has 0 aromatic heterocycles. The molecule has 38 heavy (non-hydrogen) atoms. The number of carbonyl (C=O) groups is 4. The van der Waals surface area contributed by atoms with Crippen LogP contribution >= 0.6 is 11.6 Å². The molecule has 4 aliphatic carbocycles. The van der Waals surface area contributed by atoms with E-state index in [0.717, 1.165) is 5.57 Å². The van der Waals surface area contributed by atoms with Crippen molar-refractivity contribution in [3.63, 3.8) is 0 Å². The Hall–Kier alpha value is -1.99. The number of aliphatic hydroxyl groups is 1. The fraction of sp³-hybridized carbons (Fsp3) is 0.733. The standard InChI is InChI=1S/C30H41ClO7/c1-6-8-25(35)37-17-24(34)30(38-26(36)9-7-2)18(3)14-22-21-11-10-19-15-20(32)12-13-27(19,4)29(21,31)23(33)16-28(22,30)5/h12-13,15,18,21-23,33H,6-11,14,16-17H2,1-5H3/t18-,21+,22+,23+,27+,28+,29+,30-/m1/s1. The van der Waals surface area contributed by atoms with E-state index in [1.54, 1.807) is 6.08 Å². The number of hydrogen-bond acceptors (Lipinski definition) is 7. The predicted octanol–water partition coefficient (Wildman–Crippen LogP) is 4.87. The Balaban J connectivity index is 1.77. The quantitative estimate of drug-likeness (QED) is 0.340. The summed E-state index contributed by atoms with van der Waals surface area (Å²) in [5, 5.41) is 11.9. The van der Waals surface area contributed by atoms with Crippen molar-refractivity contribution in [3.05, 3.63) is 23.8 Å². The van der Waals surface area contributed by atoms with Gasteiger partial charge in [0.1, 0.15) is 0 Å². The Morgan fingerprint density at radius 3 is 2.42 bits per heavy atom. The van der Waals surface area contributed by atoms with Crippen LogP contribution in [0.2, 0.25) is 0 Å². The van der Waals surface area contributed by atoms with Crippen molar-refractivity contribution in [1.29, 1.82) is 0 Å². The molecule has 0 spiro atoms. The molecule has 0 aliphatic heterocycles. The SMILES string of the molecule is CCCC(=O)OCC(=O)[C@]1(OC(=O)CCC)[C@H](C)C[C@H]2[C@@H]3CCC4=CC(=O)C=C[C@]4(C)[C@@]3(Cl)[C@@H](O)C[C@@]21C. The molecular formula is C30H41ClO7. The summed E-state index contributed by atoms with van der Waals surface area (Å²) < 4.78 is 11.5. The predicted molar refractivity (Wildman–Crippen MR) is 142 cm³/mol. The van der Waals surface area contributed by atoms with E-state index in [1.807, 2.05) is 40.7 Å². The van der Waals surface area contributed by atoms with Crippen LogP contribution in [0.5, 0.6) is 0 Å². The topological polar surface area (TPSA) is 107 Å². The number of alkyl halides is 1. The molecule has 0 aromatic rings. The number of esters is 2. The number of ether oxygens (including phenoxy) is 2. The van der Waals surface area contributed by atoms with Gasteiger partial charge in [-0.2, -0.15) is 0 Å². The third kappa shape index (κ3) is 4.02. The first kappa shape index (κ1) is 29.0. The van der Waals surface area contributed by atoms with Crippen molar-refractivity contribution >= 4 is 35.1 Å². The number of hydrogen-bond donors (Lipinski definition) is 1. The molecule has 0 amide bonds. The van der Waals surface area contributed by atoms with Gasteiger partial charge in [0.2, 0.25) is 5.78 Å². The molecule has 8 heteroatoms. The lowest BCUT2D eigenvalue weighted by molar-refractivity contribution is -0.203. The highest BCUT2D eigenvalue weighted by Crippen LogP contribution is 2.72. The molecule has 0 bridgehead atoms. The van der Waals surface area contributed by atoms with Crippen molar-refractivity contribution in [2.75, 3.05) is 6.61 Å². The summed E-state index contributed by atoms with van der Waals surface area (Å²) in [6, 6.07) is 0. The molecule has 7 nitrogen and oxygen atoms in total. The number of aliphatic hydroxyl groups excluding tert-OH is 1. The van der Waals surface area contributed by atoms with Gasteiger partial charge in [-0.25, -0.2) is 0 Å². The van der Waals surface area contributed by atoms with Crippen molar-refractivity contribution < 1.29 is 33.8 Å². The van der Waals surface area contributed by atoms with Crippen LogP contribution in [-0.4, -0.2) is 51.8 Å². The number of ketones is 2. The molecule has 210 valence electrons. The van der Waals surface area contributed by atoms with Crippen LogP contribution in [0.4, 0.5) is 0 Å². The molecule has 3 fully saturated rings. The van der Waals surface area contributed by atoms with Gasteiger partial charge in [0.15, 0.2) is 18.0 Å². The Morgan fingerprint density at radius 2 is 1.76 bits per heavy atom. The van der Waals surface area contributed by atoms with E-state index < -0.39 is 51.7 Å². The van der Waals surface area contributed by atoms with Gasteiger partial charge in [0, 0.05) is 29.6 Å². The lowest BCUT2D eigenvalue weighted by Gasteiger charge is -2.64. The highest BCUT2D eigenvalue weighted by Gasteiger charge is 2.76. The molecule has 1 N–H and O–H groups in total. The third-order valence-corrected chi connectivity index (χ3v) is 11.1. The highest BCUT2D eigenvalue weighted by molar-refractivity contribution is 6.26. The van der Waals surface area contributed by atoms with E-state index >= 15 is 0 Å². The number of allylic oxidation sites excluding steroid dienone is 4. The Morgan fingerprint density at radius 1 is 1.11 bits per heavy atom. The monoisotopic (exact) mass is 548 g/mol. The summed E-state index contributed by atoms with van der Waals surface area (Å²) in [5.41, 5.74) is -2.27. The van der Waals surface area contributed by atoms with Crippen molar-refractivity contribution in [1.82, 2.24) is 0 Å². The molecule has 0 saturated heterocycles. The Kier molecular flexibility index (Phi) is 7.78. The largest absolute Gasteiger partial charge is 0.457 e. The number of halogens is 1. The van der Waals surface area contributed by atoms with Crippen LogP contribution in [0.25, 0.3) is 0 Å². The first-order valence-electron chi connectivity index (χ1n) is 14.0. The van der Waals surface area contributed by atoms with Gasteiger partial charge < -0.3 is 14.6 Å². The first-order chi connectivity index (χ1) is 17.8. The first-order valence-corrected chi connectivity index (χ1v) is 14.4. The van der Waals surface area contributed by atoms with Crippen molar-refractivity contribution in [3.8, 4) is 0 Å². The zero-order valence-electron chi connectivity index (χ0n) is 23.2. The summed E-state index contributed by atoms with van der Waals surface area (Å²) in [4.78, 5) is 50.2. The zero-order chi connectivity index (χ0) is 28.1. The Labute approximate surface area is 230 Å². The van der Waals surface area contributed by atoms with Crippen molar-refractivity contribution in [2.24, 2.45) is 28.6 Å². The fourth-order valence-corrected chi connectivity index (χ4v) is 8.89. The van der Waals surface area contributed by atoms with E-state index in [4.69, 9.17) is 21.1 Å². The summed E-state index contributed by atoms with van der Waals surface area (Å²) in [6.07, 6.45) is 7.52. The van der Waals surface area contributed by atoms with Crippen LogP contribution in [0, 0.1) is 28.6 Å². The van der Waals surface area contributed by atoms with Gasteiger partial charge >= 0.3 is 11.9 Å². The van der Waals surface area contributed by atoms with Gasteiger partial charge in [-0.15, -0.1) is 11.6 Å². The van der Waals surface area contributed by atoms with Gasteiger partial charge in [-0.1, -0.05) is 46.3 Å². The van der Waals surface area contributed by atoms with Gasteiger partial charge in [-0.3, -0.25) is 19.2 Å². The van der Waals surface area contributed by atoms with Gasteiger partial charge in [-0.05, 0) is 62.5 Å². The number of rotatable bonds is 8. The normalized spacial score (nSPS) is 41.4. The molecule has 8 atom stereocenters. The second kappa shape index (κ2) is 10.2. The highest BCUT2D eigenvalue weighted by atomic mass is 35.5. The fourth-order valence-electron chi connectivity index (χ4n) is 8.36. The molecule has 0 heterocycles. The summed E-state index contributed by atoms with van der Waals surface area (Å²) >= 11 is 7.52. The van der Waals surface area contributed by atoms with Crippen LogP contribution in [0.1, 0.15) is 86.0 Å². The molecular weight excluding hydrogens is 508 g/mol. The van der Waals surface area contributed by atoms with E-state index in [2.05, 4.69) is 0 Å². The summed E-state index contributed by atoms with van der Waals surface area (Å²) in [6.45, 7) is 9.07. The van der Waals surface area contributed by atoms with E-state index in [0.29, 0.717) is 32.1 Å².